The first-order valence-electron chi connectivity index (χ1n) is 4.82. The minimum atomic E-state index is 0.631. The topological polar surface area (TPSA) is 3.24 Å². The van der Waals surface area contributed by atoms with Gasteiger partial charge in [-0.25, -0.2) is 0 Å². The molecule has 0 aromatic carbocycles. The lowest BCUT2D eigenvalue weighted by Gasteiger charge is -2.36. The first-order valence-corrected chi connectivity index (χ1v) is 6.40. The maximum absolute atomic E-state index is 5.57. The third-order valence-electron chi connectivity index (χ3n) is 2.61. The van der Waals surface area contributed by atoms with Crippen LogP contribution in [0.2, 0.25) is 0 Å². The van der Waals surface area contributed by atoms with Gasteiger partial charge >= 0.3 is 0 Å². The molecule has 1 nitrogen and oxygen atoms in total. The predicted octanol–water partition coefficient (Wildman–Crippen LogP) is 2.61. The Hall–Kier alpha value is 0.340. The van der Waals surface area contributed by atoms with E-state index in [0.29, 0.717) is 11.9 Å². The van der Waals surface area contributed by atoms with Crippen molar-refractivity contribution in [3.63, 3.8) is 0 Å². The zero-order valence-electron chi connectivity index (χ0n) is 8.37. The van der Waals surface area contributed by atoms with E-state index in [1.54, 1.807) is 0 Å². The molecule has 13 heavy (non-hydrogen) atoms. The fourth-order valence-corrected chi connectivity index (χ4v) is 2.81. The molecule has 2 atom stereocenters. The molecule has 0 spiro atoms. The molecule has 0 saturated carbocycles. The second kappa shape index (κ2) is 5.94. The standard InChI is InChI=1S/C10H18ClNS/c1-9-10(2)13-8-7-12(9)6-4-3-5-11/h3-4,9-10H,5-8H2,1-2H3/b4-3+. The summed E-state index contributed by atoms with van der Waals surface area (Å²) in [7, 11) is 0. The van der Waals surface area contributed by atoms with E-state index in [9.17, 15) is 0 Å². The predicted molar refractivity (Wildman–Crippen MR) is 62.8 cm³/mol. The fraction of sp³-hybridized carbons (Fsp3) is 0.800. The molecular weight excluding hydrogens is 202 g/mol. The molecule has 0 N–H and O–H groups in total. The molecule has 3 heteroatoms. The molecule has 2 unspecified atom stereocenters. The van der Waals surface area contributed by atoms with Gasteiger partial charge in [0.2, 0.25) is 0 Å². The number of hydrogen-bond acceptors (Lipinski definition) is 2. The highest BCUT2D eigenvalue weighted by molar-refractivity contribution is 8.00. The second-order valence-electron chi connectivity index (χ2n) is 3.44. The molecule has 0 aliphatic carbocycles. The number of rotatable bonds is 3. The summed E-state index contributed by atoms with van der Waals surface area (Å²) in [5, 5.41) is 0.762. The van der Waals surface area contributed by atoms with E-state index in [1.165, 1.54) is 12.3 Å². The summed E-state index contributed by atoms with van der Waals surface area (Å²) in [5.41, 5.74) is 0. The van der Waals surface area contributed by atoms with Gasteiger partial charge in [0.05, 0.1) is 0 Å². The highest BCUT2D eigenvalue weighted by atomic mass is 35.5. The third kappa shape index (κ3) is 3.53. The van der Waals surface area contributed by atoms with Crippen molar-refractivity contribution >= 4 is 23.4 Å². The summed E-state index contributed by atoms with van der Waals surface area (Å²) in [5.74, 6) is 1.90. The van der Waals surface area contributed by atoms with Gasteiger partial charge in [-0.2, -0.15) is 11.8 Å². The third-order valence-corrected chi connectivity index (χ3v) is 4.13. The van der Waals surface area contributed by atoms with Crippen molar-refractivity contribution in [3.05, 3.63) is 12.2 Å². The van der Waals surface area contributed by atoms with Gasteiger partial charge in [-0.05, 0) is 6.92 Å². The first-order chi connectivity index (χ1) is 6.25. The van der Waals surface area contributed by atoms with E-state index < -0.39 is 0 Å². The van der Waals surface area contributed by atoms with Crippen molar-refractivity contribution in [1.29, 1.82) is 0 Å². The number of alkyl halides is 1. The lowest BCUT2D eigenvalue weighted by molar-refractivity contribution is 0.236. The molecule has 1 rings (SSSR count). The Balaban J connectivity index is 2.35. The minimum absolute atomic E-state index is 0.631. The van der Waals surface area contributed by atoms with E-state index in [4.69, 9.17) is 11.6 Å². The van der Waals surface area contributed by atoms with Crippen molar-refractivity contribution in [2.75, 3.05) is 24.7 Å². The van der Waals surface area contributed by atoms with Crippen molar-refractivity contribution in [2.24, 2.45) is 0 Å². The van der Waals surface area contributed by atoms with Gasteiger partial charge in [0, 0.05) is 36.0 Å². The summed E-state index contributed by atoms with van der Waals surface area (Å²) >= 11 is 7.65. The van der Waals surface area contributed by atoms with Crippen LogP contribution in [0.3, 0.4) is 0 Å². The van der Waals surface area contributed by atoms with E-state index in [0.717, 1.165) is 11.8 Å². The summed E-state index contributed by atoms with van der Waals surface area (Å²) < 4.78 is 0. The van der Waals surface area contributed by atoms with Crippen molar-refractivity contribution in [3.8, 4) is 0 Å². The van der Waals surface area contributed by atoms with Gasteiger partial charge < -0.3 is 0 Å². The fourth-order valence-electron chi connectivity index (χ4n) is 1.53. The van der Waals surface area contributed by atoms with Crippen LogP contribution in [0.25, 0.3) is 0 Å². The summed E-state index contributed by atoms with van der Waals surface area (Å²) in [6, 6.07) is 0.693. The molecule has 1 saturated heterocycles. The lowest BCUT2D eigenvalue weighted by atomic mass is 10.2. The van der Waals surface area contributed by atoms with Gasteiger partial charge in [-0.1, -0.05) is 19.1 Å². The quantitative estimate of drug-likeness (QED) is 0.531. The van der Waals surface area contributed by atoms with Gasteiger partial charge in [0.1, 0.15) is 0 Å². The van der Waals surface area contributed by atoms with Crippen LogP contribution >= 0.6 is 23.4 Å². The van der Waals surface area contributed by atoms with Crippen LogP contribution in [0.1, 0.15) is 13.8 Å². The van der Waals surface area contributed by atoms with Gasteiger partial charge in [0.25, 0.3) is 0 Å². The maximum Gasteiger partial charge on any atom is 0.0404 e. The average Bonchev–Trinajstić information content (AvgIpc) is 2.13. The summed E-state index contributed by atoms with van der Waals surface area (Å²) in [4.78, 5) is 2.52. The summed E-state index contributed by atoms with van der Waals surface area (Å²) in [6.07, 6.45) is 4.20. The van der Waals surface area contributed by atoms with Crippen molar-refractivity contribution < 1.29 is 0 Å². The Morgan fingerprint density at radius 1 is 1.46 bits per heavy atom. The SMILES string of the molecule is CC1SCCN(C/C=C/CCl)C1C. The van der Waals surface area contributed by atoms with Gasteiger partial charge in [-0.15, -0.1) is 11.6 Å². The smallest absolute Gasteiger partial charge is 0.0404 e. The molecule has 1 aliphatic rings. The molecule has 0 bridgehead atoms. The highest BCUT2D eigenvalue weighted by Crippen LogP contribution is 2.23. The normalized spacial score (nSPS) is 31.3. The summed E-state index contributed by atoms with van der Waals surface area (Å²) in [6.45, 7) is 6.89. The molecule has 0 aromatic rings. The number of nitrogens with zero attached hydrogens (tertiary/aromatic N) is 1. The average molecular weight is 220 g/mol. The van der Waals surface area contributed by atoms with Crippen molar-refractivity contribution in [2.45, 2.75) is 25.1 Å². The molecule has 0 amide bonds. The second-order valence-corrected chi connectivity index (χ2v) is 5.23. The Kier molecular flexibility index (Phi) is 5.22. The highest BCUT2D eigenvalue weighted by Gasteiger charge is 2.23. The Morgan fingerprint density at radius 2 is 2.23 bits per heavy atom. The minimum Gasteiger partial charge on any atom is -0.295 e. The Bertz CT molecular complexity index is 172. The zero-order valence-corrected chi connectivity index (χ0v) is 9.94. The van der Waals surface area contributed by atoms with Crippen molar-refractivity contribution in [1.82, 2.24) is 4.90 Å². The molecular formula is C10H18ClNS. The van der Waals surface area contributed by atoms with Crippen LogP contribution < -0.4 is 0 Å². The zero-order chi connectivity index (χ0) is 9.68. The first kappa shape index (κ1) is 11.4. The lowest BCUT2D eigenvalue weighted by Crippen LogP contribution is -2.44. The van der Waals surface area contributed by atoms with Crippen LogP contribution in [0.15, 0.2) is 12.2 Å². The van der Waals surface area contributed by atoms with Crippen LogP contribution in [0.4, 0.5) is 0 Å². The van der Waals surface area contributed by atoms with Gasteiger partial charge in [0.15, 0.2) is 0 Å². The van der Waals surface area contributed by atoms with Crippen LogP contribution in [-0.4, -0.2) is 40.9 Å². The number of halogens is 1. The molecule has 1 heterocycles. The van der Waals surface area contributed by atoms with E-state index in [2.05, 4.69) is 36.6 Å². The van der Waals surface area contributed by atoms with E-state index in [1.807, 2.05) is 6.08 Å². The van der Waals surface area contributed by atoms with Gasteiger partial charge in [-0.3, -0.25) is 4.90 Å². The number of allylic oxidation sites excluding steroid dienone is 1. The van der Waals surface area contributed by atoms with Crippen LogP contribution in [0, 0.1) is 0 Å². The molecule has 0 aromatic heterocycles. The Labute approximate surface area is 90.5 Å². The number of hydrogen-bond donors (Lipinski definition) is 0. The monoisotopic (exact) mass is 219 g/mol. The molecule has 0 radical (unpaired) electrons. The van der Waals surface area contributed by atoms with E-state index in [-0.39, 0.29) is 0 Å². The Morgan fingerprint density at radius 3 is 2.92 bits per heavy atom. The molecule has 76 valence electrons. The molecule has 1 fully saturated rings. The van der Waals surface area contributed by atoms with E-state index >= 15 is 0 Å². The maximum atomic E-state index is 5.57. The molecule has 1 aliphatic heterocycles. The van der Waals surface area contributed by atoms with Crippen LogP contribution in [-0.2, 0) is 0 Å². The largest absolute Gasteiger partial charge is 0.295 e. The number of thioether (sulfide) groups is 1. The van der Waals surface area contributed by atoms with Crippen LogP contribution in [0.5, 0.6) is 0 Å².